The van der Waals surface area contributed by atoms with Gasteiger partial charge in [-0.05, 0) is 40.2 Å². The number of nitro groups is 1. The zero-order chi connectivity index (χ0) is 17.0. The van der Waals surface area contributed by atoms with E-state index in [4.69, 9.17) is 9.47 Å². The van der Waals surface area contributed by atoms with Gasteiger partial charge in [0.2, 0.25) is 0 Å². The van der Waals surface area contributed by atoms with Crippen LogP contribution in [0.4, 0.5) is 5.69 Å². The van der Waals surface area contributed by atoms with Gasteiger partial charge in [0.25, 0.3) is 5.69 Å². The first kappa shape index (κ1) is 16.6. The van der Waals surface area contributed by atoms with Crippen molar-refractivity contribution in [3.63, 3.8) is 0 Å². The Balaban J connectivity index is 2.28. The number of aldehydes is 1. The molecule has 2 aromatic rings. The summed E-state index contributed by atoms with van der Waals surface area (Å²) >= 11 is 3.25. The Bertz CT molecular complexity index is 790. The molecule has 0 saturated carbocycles. The maximum absolute atomic E-state index is 12.1. The third-order valence-corrected chi connectivity index (χ3v) is 3.54. The number of nitrogens with zero attached hydrogens (tertiary/aromatic N) is 1. The summed E-state index contributed by atoms with van der Waals surface area (Å²) in [5.74, 6) is -0.210. The average molecular weight is 380 g/mol. The Kier molecular flexibility index (Phi) is 5.07. The van der Waals surface area contributed by atoms with Crippen LogP contribution in [0.1, 0.15) is 20.7 Å². The third kappa shape index (κ3) is 3.72. The van der Waals surface area contributed by atoms with Gasteiger partial charge in [0.1, 0.15) is 11.5 Å². The molecule has 2 aromatic carbocycles. The molecule has 2 rings (SSSR count). The number of benzene rings is 2. The molecule has 0 N–H and O–H groups in total. The first-order chi connectivity index (χ1) is 11.0. The summed E-state index contributed by atoms with van der Waals surface area (Å²) in [5, 5.41) is 10.7. The van der Waals surface area contributed by atoms with E-state index < -0.39 is 10.9 Å². The van der Waals surface area contributed by atoms with E-state index >= 15 is 0 Å². The quantitative estimate of drug-likeness (QED) is 0.259. The molecule has 0 bridgehead atoms. The van der Waals surface area contributed by atoms with Crippen LogP contribution < -0.4 is 9.47 Å². The zero-order valence-corrected chi connectivity index (χ0v) is 13.4. The van der Waals surface area contributed by atoms with Crippen LogP contribution in [0.15, 0.2) is 40.9 Å². The molecule has 0 aliphatic carbocycles. The van der Waals surface area contributed by atoms with Gasteiger partial charge in [0.05, 0.1) is 27.6 Å². The Morgan fingerprint density at radius 2 is 1.91 bits per heavy atom. The molecule has 8 heteroatoms. The van der Waals surface area contributed by atoms with Crippen molar-refractivity contribution in [1.82, 2.24) is 0 Å². The van der Waals surface area contributed by atoms with Gasteiger partial charge in [-0.3, -0.25) is 14.9 Å². The topological polar surface area (TPSA) is 95.7 Å². The lowest BCUT2D eigenvalue weighted by molar-refractivity contribution is -0.384. The number of carbonyl (C=O) groups excluding carboxylic acids is 2. The molecule has 0 amide bonds. The zero-order valence-electron chi connectivity index (χ0n) is 11.8. The van der Waals surface area contributed by atoms with Crippen molar-refractivity contribution in [2.45, 2.75) is 0 Å². The highest BCUT2D eigenvalue weighted by atomic mass is 79.9. The second-order valence-electron chi connectivity index (χ2n) is 4.34. The molecule has 0 aliphatic rings. The van der Waals surface area contributed by atoms with Gasteiger partial charge in [0.15, 0.2) is 6.29 Å². The van der Waals surface area contributed by atoms with Crippen molar-refractivity contribution in [1.29, 1.82) is 0 Å². The minimum absolute atomic E-state index is 0.0532. The van der Waals surface area contributed by atoms with E-state index in [1.165, 1.54) is 25.3 Å². The summed E-state index contributed by atoms with van der Waals surface area (Å²) in [7, 11) is 1.49. The molecule has 0 unspecified atom stereocenters. The first-order valence-electron chi connectivity index (χ1n) is 6.25. The van der Waals surface area contributed by atoms with Crippen LogP contribution in [0.5, 0.6) is 11.5 Å². The molecule has 0 atom stereocenters. The maximum Gasteiger partial charge on any atom is 0.343 e. The minimum Gasteiger partial charge on any atom is -0.496 e. The van der Waals surface area contributed by atoms with Crippen LogP contribution >= 0.6 is 15.9 Å². The number of carbonyl (C=O) groups is 2. The van der Waals surface area contributed by atoms with Gasteiger partial charge in [-0.25, -0.2) is 4.79 Å². The normalized spacial score (nSPS) is 10.0. The Labute approximate surface area is 139 Å². The summed E-state index contributed by atoms with van der Waals surface area (Å²) in [4.78, 5) is 33.2. The molecular weight excluding hydrogens is 370 g/mol. The van der Waals surface area contributed by atoms with E-state index in [0.29, 0.717) is 16.5 Å². The van der Waals surface area contributed by atoms with Crippen LogP contribution in [-0.2, 0) is 0 Å². The molecule has 0 fully saturated rings. The Hall–Kier alpha value is -2.74. The molecule has 0 heterocycles. The van der Waals surface area contributed by atoms with E-state index in [-0.39, 0.29) is 22.6 Å². The summed E-state index contributed by atoms with van der Waals surface area (Å²) in [6.45, 7) is 0. The van der Waals surface area contributed by atoms with Crippen molar-refractivity contribution in [2.24, 2.45) is 0 Å². The number of methoxy groups -OCH3 is 1. The average Bonchev–Trinajstić information content (AvgIpc) is 2.54. The molecule has 0 aromatic heterocycles. The maximum atomic E-state index is 12.1. The van der Waals surface area contributed by atoms with E-state index in [9.17, 15) is 19.7 Å². The standard InChI is InChI=1S/C15H10BrNO6/c1-22-14-4-2-9(7-12(14)16)15(19)23-13-5-3-11(17(20)21)6-10(13)8-18/h2-8H,1H3. The summed E-state index contributed by atoms with van der Waals surface area (Å²) in [6, 6.07) is 7.99. The van der Waals surface area contributed by atoms with E-state index in [1.807, 2.05) is 0 Å². The number of rotatable bonds is 5. The smallest absolute Gasteiger partial charge is 0.343 e. The Morgan fingerprint density at radius 1 is 1.22 bits per heavy atom. The lowest BCUT2D eigenvalue weighted by atomic mass is 10.2. The molecule has 0 aliphatic heterocycles. The predicted octanol–water partition coefficient (Wildman–Crippen LogP) is 3.40. The number of hydrogen-bond donors (Lipinski definition) is 0. The van der Waals surface area contributed by atoms with Crippen LogP contribution in [0.25, 0.3) is 0 Å². The van der Waals surface area contributed by atoms with Crippen molar-refractivity contribution in [2.75, 3.05) is 7.11 Å². The summed E-state index contributed by atoms with van der Waals surface area (Å²) in [5.41, 5.74) is -0.118. The highest BCUT2D eigenvalue weighted by Gasteiger charge is 2.16. The SMILES string of the molecule is COc1ccc(C(=O)Oc2ccc([N+](=O)[O-])cc2C=O)cc1Br. The lowest BCUT2D eigenvalue weighted by Gasteiger charge is -2.08. The fourth-order valence-electron chi connectivity index (χ4n) is 1.79. The van der Waals surface area contributed by atoms with Gasteiger partial charge in [0, 0.05) is 12.1 Å². The third-order valence-electron chi connectivity index (χ3n) is 2.92. The van der Waals surface area contributed by atoms with Gasteiger partial charge >= 0.3 is 5.97 Å². The minimum atomic E-state index is -0.703. The highest BCUT2D eigenvalue weighted by molar-refractivity contribution is 9.10. The van der Waals surface area contributed by atoms with Gasteiger partial charge in [-0.1, -0.05) is 0 Å². The molecule has 0 saturated heterocycles. The van der Waals surface area contributed by atoms with Crippen LogP contribution in [0.3, 0.4) is 0 Å². The fourth-order valence-corrected chi connectivity index (χ4v) is 2.33. The van der Waals surface area contributed by atoms with Crippen molar-refractivity contribution < 1.29 is 24.0 Å². The number of non-ortho nitro benzene ring substituents is 1. The molecule has 7 nitrogen and oxygen atoms in total. The number of esters is 1. The molecule has 23 heavy (non-hydrogen) atoms. The van der Waals surface area contributed by atoms with Gasteiger partial charge < -0.3 is 9.47 Å². The first-order valence-corrected chi connectivity index (χ1v) is 7.05. The second kappa shape index (κ2) is 7.01. The van der Waals surface area contributed by atoms with Crippen molar-refractivity contribution >= 4 is 33.9 Å². The van der Waals surface area contributed by atoms with Crippen molar-refractivity contribution in [3.8, 4) is 11.5 Å². The number of nitro benzene ring substituents is 1. The second-order valence-corrected chi connectivity index (χ2v) is 5.19. The molecular formula is C15H10BrNO6. The fraction of sp³-hybridized carbons (Fsp3) is 0.0667. The van der Waals surface area contributed by atoms with Crippen LogP contribution in [0.2, 0.25) is 0 Å². The summed E-state index contributed by atoms with van der Waals surface area (Å²) < 4.78 is 10.8. The highest BCUT2D eigenvalue weighted by Crippen LogP contribution is 2.27. The number of ether oxygens (including phenoxy) is 2. The van der Waals surface area contributed by atoms with Crippen LogP contribution in [0, 0.1) is 10.1 Å². The molecule has 0 radical (unpaired) electrons. The lowest BCUT2D eigenvalue weighted by Crippen LogP contribution is -2.10. The molecule has 0 spiro atoms. The van der Waals surface area contributed by atoms with E-state index in [0.717, 1.165) is 12.1 Å². The van der Waals surface area contributed by atoms with Gasteiger partial charge in [-0.2, -0.15) is 0 Å². The largest absolute Gasteiger partial charge is 0.496 e. The van der Waals surface area contributed by atoms with Gasteiger partial charge in [-0.15, -0.1) is 0 Å². The van der Waals surface area contributed by atoms with E-state index in [1.54, 1.807) is 6.07 Å². The number of halogens is 1. The molecule has 118 valence electrons. The Morgan fingerprint density at radius 3 is 2.48 bits per heavy atom. The summed E-state index contributed by atoms with van der Waals surface area (Å²) in [6.07, 6.45) is 0.388. The monoisotopic (exact) mass is 379 g/mol. The van der Waals surface area contributed by atoms with Crippen LogP contribution in [-0.4, -0.2) is 24.3 Å². The predicted molar refractivity (Wildman–Crippen MR) is 84.1 cm³/mol. The number of hydrogen-bond acceptors (Lipinski definition) is 6. The van der Waals surface area contributed by atoms with Crippen molar-refractivity contribution in [3.05, 3.63) is 62.1 Å². The van der Waals surface area contributed by atoms with E-state index in [2.05, 4.69) is 15.9 Å².